The van der Waals surface area contributed by atoms with Crippen molar-refractivity contribution in [2.75, 3.05) is 13.2 Å². The third kappa shape index (κ3) is 3.24. The average Bonchev–Trinajstić information content (AvgIpc) is 3.41. The van der Waals surface area contributed by atoms with Crippen LogP contribution in [0, 0.1) is 0 Å². The van der Waals surface area contributed by atoms with Gasteiger partial charge in [-0.1, -0.05) is 18.2 Å². The van der Waals surface area contributed by atoms with Crippen LogP contribution in [0.3, 0.4) is 0 Å². The number of amides is 1. The molecule has 0 radical (unpaired) electrons. The van der Waals surface area contributed by atoms with E-state index in [-0.39, 0.29) is 23.2 Å². The van der Waals surface area contributed by atoms with Crippen LogP contribution in [0.2, 0.25) is 0 Å². The van der Waals surface area contributed by atoms with E-state index in [9.17, 15) is 19.8 Å². The second-order valence-corrected chi connectivity index (χ2v) is 7.60. The first kappa shape index (κ1) is 17.8. The third-order valence-corrected chi connectivity index (χ3v) is 5.80. The summed E-state index contributed by atoms with van der Waals surface area (Å²) >= 11 is 1.27. The van der Waals surface area contributed by atoms with Crippen LogP contribution in [-0.2, 0) is 9.53 Å². The zero-order valence-electron chi connectivity index (χ0n) is 14.5. The van der Waals surface area contributed by atoms with Crippen molar-refractivity contribution < 1.29 is 24.5 Å². The number of thiophene rings is 1. The second-order valence-electron chi connectivity index (χ2n) is 6.66. The molecule has 0 bridgehead atoms. The van der Waals surface area contributed by atoms with Gasteiger partial charge in [0, 0.05) is 13.2 Å². The number of benzene rings is 1. The Bertz CT molecular complexity index is 882. The molecule has 1 fully saturated rings. The van der Waals surface area contributed by atoms with Gasteiger partial charge >= 0.3 is 0 Å². The summed E-state index contributed by atoms with van der Waals surface area (Å²) < 4.78 is 5.65. The Morgan fingerprint density at radius 1 is 1.22 bits per heavy atom. The zero-order chi connectivity index (χ0) is 19.0. The van der Waals surface area contributed by atoms with Gasteiger partial charge in [-0.05, 0) is 42.0 Å². The summed E-state index contributed by atoms with van der Waals surface area (Å²) in [5, 5.41) is 21.9. The molecule has 1 saturated heterocycles. The molecule has 4 rings (SSSR count). The summed E-state index contributed by atoms with van der Waals surface area (Å²) in [6.07, 6.45) is 1.65. The van der Waals surface area contributed by atoms with E-state index in [4.69, 9.17) is 4.74 Å². The minimum absolute atomic E-state index is 0.0751. The Balaban J connectivity index is 1.75. The number of hydrogen-bond donors (Lipinski definition) is 2. The number of phenolic OH excluding ortho intramolecular Hbond substituents is 1. The molecule has 27 heavy (non-hydrogen) atoms. The number of hydrogen-bond acceptors (Lipinski definition) is 6. The van der Waals surface area contributed by atoms with Crippen LogP contribution in [0.15, 0.2) is 53.1 Å². The normalized spacial score (nSPS) is 22.7. The molecule has 0 unspecified atom stereocenters. The van der Waals surface area contributed by atoms with E-state index in [1.165, 1.54) is 28.4 Å². The largest absolute Gasteiger partial charge is 0.508 e. The van der Waals surface area contributed by atoms with Crippen molar-refractivity contribution in [3.63, 3.8) is 0 Å². The molecule has 1 aromatic heterocycles. The van der Waals surface area contributed by atoms with Crippen molar-refractivity contribution in [3.8, 4) is 5.75 Å². The number of rotatable bonds is 5. The highest BCUT2D eigenvalue weighted by Gasteiger charge is 2.45. The van der Waals surface area contributed by atoms with Gasteiger partial charge in [0.2, 0.25) is 5.78 Å². The molecule has 140 valence electrons. The summed E-state index contributed by atoms with van der Waals surface area (Å²) in [7, 11) is 0. The molecule has 2 N–H and O–H groups in total. The maximum atomic E-state index is 13.0. The number of carbonyl (C=O) groups is 2. The number of phenols is 1. The van der Waals surface area contributed by atoms with Crippen LogP contribution in [-0.4, -0.2) is 46.1 Å². The van der Waals surface area contributed by atoms with Gasteiger partial charge in [0.05, 0.1) is 22.6 Å². The van der Waals surface area contributed by atoms with E-state index in [0.717, 1.165) is 12.8 Å². The molecule has 2 atom stereocenters. The first-order chi connectivity index (χ1) is 13.1. The van der Waals surface area contributed by atoms with Crippen molar-refractivity contribution in [1.29, 1.82) is 0 Å². The average molecular weight is 385 g/mol. The maximum absolute atomic E-state index is 13.0. The van der Waals surface area contributed by atoms with E-state index in [1.807, 2.05) is 0 Å². The quantitative estimate of drug-likeness (QED) is 0.772. The van der Waals surface area contributed by atoms with Crippen LogP contribution in [0.4, 0.5) is 0 Å². The van der Waals surface area contributed by atoms with Gasteiger partial charge in [0.25, 0.3) is 5.91 Å². The highest BCUT2D eigenvalue weighted by Crippen LogP contribution is 2.40. The summed E-state index contributed by atoms with van der Waals surface area (Å²) in [6.45, 7) is 0.951. The molecule has 0 saturated carbocycles. The number of Topliss-reactive ketones (excluding diaryl/α,β-unsaturated/α-hetero) is 1. The highest BCUT2D eigenvalue weighted by molar-refractivity contribution is 7.12. The summed E-state index contributed by atoms with van der Waals surface area (Å²) in [5.74, 6) is -1.34. The Hall–Kier alpha value is -2.64. The van der Waals surface area contributed by atoms with Gasteiger partial charge in [-0.15, -0.1) is 11.3 Å². The lowest BCUT2D eigenvalue weighted by Crippen LogP contribution is -2.37. The molecule has 0 spiro atoms. The molecule has 3 heterocycles. The standard InChI is InChI=1S/C20H19NO5S/c22-13-7-5-12(6-8-13)17-16(18(23)15-4-2-10-27-15)19(24)20(25)21(17)11-14-3-1-9-26-14/h2,4-8,10,14,17,22,24H,1,3,9,11H2/t14-,17-/m0/s1. The summed E-state index contributed by atoms with van der Waals surface area (Å²) in [4.78, 5) is 27.8. The lowest BCUT2D eigenvalue weighted by Gasteiger charge is -2.28. The van der Waals surface area contributed by atoms with Crippen LogP contribution in [0.1, 0.15) is 34.1 Å². The van der Waals surface area contributed by atoms with Crippen molar-refractivity contribution in [3.05, 3.63) is 63.6 Å². The fourth-order valence-electron chi connectivity index (χ4n) is 3.63. The molecule has 1 aromatic carbocycles. The predicted octanol–water partition coefficient (Wildman–Crippen LogP) is 3.21. The topological polar surface area (TPSA) is 87.1 Å². The maximum Gasteiger partial charge on any atom is 0.290 e. The number of aliphatic hydroxyl groups is 1. The molecule has 6 nitrogen and oxygen atoms in total. The smallest absolute Gasteiger partial charge is 0.290 e. The van der Waals surface area contributed by atoms with Crippen LogP contribution < -0.4 is 0 Å². The van der Waals surface area contributed by atoms with Gasteiger partial charge in [-0.3, -0.25) is 9.59 Å². The number of aromatic hydroxyl groups is 1. The lowest BCUT2D eigenvalue weighted by molar-refractivity contribution is -0.131. The minimum atomic E-state index is -0.711. The van der Waals surface area contributed by atoms with E-state index in [1.54, 1.807) is 29.6 Å². The number of aliphatic hydroxyl groups excluding tert-OH is 1. The number of carbonyl (C=O) groups excluding carboxylic acids is 2. The molecule has 2 aliphatic rings. The van der Waals surface area contributed by atoms with Gasteiger partial charge in [0.1, 0.15) is 5.75 Å². The Morgan fingerprint density at radius 2 is 2.00 bits per heavy atom. The Morgan fingerprint density at radius 3 is 2.63 bits per heavy atom. The Kier molecular flexibility index (Phi) is 4.72. The van der Waals surface area contributed by atoms with Crippen LogP contribution >= 0.6 is 11.3 Å². The van der Waals surface area contributed by atoms with Gasteiger partial charge in [-0.2, -0.15) is 0 Å². The zero-order valence-corrected chi connectivity index (χ0v) is 15.3. The van der Waals surface area contributed by atoms with Gasteiger partial charge in [-0.25, -0.2) is 0 Å². The molecule has 0 aliphatic carbocycles. The third-order valence-electron chi connectivity index (χ3n) is 4.93. The first-order valence-electron chi connectivity index (χ1n) is 8.79. The monoisotopic (exact) mass is 385 g/mol. The molecule has 1 amide bonds. The van der Waals surface area contributed by atoms with E-state index in [0.29, 0.717) is 23.6 Å². The van der Waals surface area contributed by atoms with Crippen LogP contribution in [0.5, 0.6) is 5.75 Å². The summed E-state index contributed by atoms with van der Waals surface area (Å²) in [6, 6.07) is 9.06. The highest BCUT2D eigenvalue weighted by atomic mass is 32.1. The molecule has 2 aliphatic heterocycles. The van der Waals surface area contributed by atoms with Gasteiger partial charge < -0.3 is 19.8 Å². The molecular weight excluding hydrogens is 366 g/mol. The van der Waals surface area contributed by atoms with Crippen LogP contribution in [0.25, 0.3) is 0 Å². The number of ketones is 1. The SMILES string of the molecule is O=C(C1=C(O)C(=O)N(C[C@@H]2CCCO2)[C@H]1c1ccc(O)cc1)c1cccs1. The first-order valence-corrected chi connectivity index (χ1v) is 9.67. The number of ether oxygens (including phenoxy) is 1. The fraction of sp³-hybridized carbons (Fsp3) is 0.300. The van der Waals surface area contributed by atoms with E-state index >= 15 is 0 Å². The van der Waals surface area contributed by atoms with Crippen molar-refractivity contribution in [2.45, 2.75) is 25.0 Å². The summed E-state index contributed by atoms with van der Waals surface area (Å²) in [5.41, 5.74) is 0.731. The minimum Gasteiger partial charge on any atom is -0.508 e. The molecular formula is C20H19NO5S. The predicted molar refractivity (Wildman–Crippen MR) is 99.8 cm³/mol. The van der Waals surface area contributed by atoms with Crippen molar-refractivity contribution >= 4 is 23.0 Å². The lowest BCUT2D eigenvalue weighted by atomic mass is 9.95. The van der Waals surface area contributed by atoms with Crippen molar-refractivity contribution in [2.24, 2.45) is 0 Å². The molecule has 2 aromatic rings. The van der Waals surface area contributed by atoms with E-state index in [2.05, 4.69) is 0 Å². The fourth-order valence-corrected chi connectivity index (χ4v) is 4.30. The van der Waals surface area contributed by atoms with Crippen molar-refractivity contribution in [1.82, 2.24) is 4.90 Å². The number of nitrogens with zero attached hydrogens (tertiary/aromatic N) is 1. The van der Waals surface area contributed by atoms with Gasteiger partial charge in [0.15, 0.2) is 5.76 Å². The Labute approximate surface area is 160 Å². The molecule has 7 heteroatoms. The van der Waals surface area contributed by atoms with E-state index < -0.39 is 17.7 Å². The second kappa shape index (κ2) is 7.17.